The maximum absolute atomic E-state index is 5.28. The van der Waals surface area contributed by atoms with Crippen molar-refractivity contribution in [3.8, 4) is 5.75 Å². The number of hydrogen-bond acceptors (Lipinski definition) is 3. The maximum atomic E-state index is 5.28. The Morgan fingerprint density at radius 2 is 1.89 bits per heavy atom. The van der Waals surface area contributed by atoms with Gasteiger partial charge in [-0.05, 0) is 37.2 Å². The van der Waals surface area contributed by atoms with Crippen LogP contribution in [0.2, 0.25) is 0 Å². The van der Waals surface area contributed by atoms with Crippen LogP contribution in [0, 0.1) is 6.92 Å². The molecule has 1 saturated heterocycles. The minimum Gasteiger partial charge on any atom is -0.497 e. The summed E-state index contributed by atoms with van der Waals surface area (Å²) in [6.07, 6.45) is 0. The molecule has 0 bridgehead atoms. The van der Waals surface area contributed by atoms with Gasteiger partial charge < -0.3 is 9.64 Å². The van der Waals surface area contributed by atoms with Gasteiger partial charge in [0.05, 0.1) is 7.11 Å². The largest absolute Gasteiger partial charge is 0.497 e. The Labute approximate surface area is 118 Å². The number of halogens is 1. The Hall–Kier alpha value is -0.580. The highest BCUT2D eigenvalue weighted by molar-refractivity contribution is 9.10. The number of methoxy groups -OCH3 is 1. The topological polar surface area (TPSA) is 15.7 Å². The van der Waals surface area contributed by atoms with E-state index in [-0.39, 0.29) is 0 Å². The van der Waals surface area contributed by atoms with Gasteiger partial charge in [0, 0.05) is 37.2 Å². The van der Waals surface area contributed by atoms with Crippen LogP contribution in [0.3, 0.4) is 0 Å². The monoisotopic (exact) mass is 311 g/mol. The second kappa shape index (κ2) is 6.55. The standard InChI is InChI=1S/C14H20BrN2O/c1-3-16-6-8-17(9-7-16)11-12-10-13(18-2)4-5-14(12)15/h4-5,10H,1,3,6-9,11H2,2H3. The van der Waals surface area contributed by atoms with E-state index in [9.17, 15) is 0 Å². The molecule has 99 valence electrons. The van der Waals surface area contributed by atoms with Crippen molar-refractivity contribution in [1.82, 2.24) is 9.80 Å². The van der Waals surface area contributed by atoms with Crippen LogP contribution in [-0.2, 0) is 6.54 Å². The van der Waals surface area contributed by atoms with Gasteiger partial charge in [0.1, 0.15) is 5.75 Å². The van der Waals surface area contributed by atoms with Crippen molar-refractivity contribution >= 4 is 15.9 Å². The molecule has 1 aliphatic rings. The Morgan fingerprint density at radius 1 is 1.22 bits per heavy atom. The maximum Gasteiger partial charge on any atom is 0.119 e. The third-order valence-electron chi connectivity index (χ3n) is 3.43. The van der Waals surface area contributed by atoms with E-state index >= 15 is 0 Å². The lowest BCUT2D eigenvalue weighted by atomic mass is 10.2. The number of benzene rings is 1. The zero-order valence-corrected chi connectivity index (χ0v) is 12.4. The summed E-state index contributed by atoms with van der Waals surface area (Å²) in [5.74, 6) is 0.921. The first-order chi connectivity index (χ1) is 8.72. The number of piperazine rings is 1. The lowest BCUT2D eigenvalue weighted by molar-refractivity contribution is 0.136. The summed E-state index contributed by atoms with van der Waals surface area (Å²) >= 11 is 3.61. The Balaban J connectivity index is 1.97. The molecule has 1 radical (unpaired) electrons. The van der Waals surface area contributed by atoms with Crippen molar-refractivity contribution < 1.29 is 4.74 Å². The SMILES string of the molecule is [CH2]CN1CCN(Cc2cc(OC)ccc2Br)CC1. The third-order valence-corrected chi connectivity index (χ3v) is 4.20. The summed E-state index contributed by atoms with van der Waals surface area (Å²) < 4.78 is 6.43. The van der Waals surface area contributed by atoms with E-state index in [0.29, 0.717) is 0 Å². The molecule has 1 aromatic carbocycles. The van der Waals surface area contributed by atoms with Crippen molar-refractivity contribution in [2.45, 2.75) is 6.54 Å². The molecule has 4 heteroatoms. The fraction of sp³-hybridized carbons (Fsp3) is 0.500. The third kappa shape index (κ3) is 3.46. The van der Waals surface area contributed by atoms with E-state index in [0.717, 1.165) is 49.5 Å². The van der Waals surface area contributed by atoms with Gasteiger partial charge in [0.15, 0.2) is 0 Å². The van der Waals surface area contributed by atoms with Crippen molar-refractivity contribution in [1.29, 1.82) is 0 Å². The lowest BCUT2D eigenvalue weighted by Crippen LogP contribution is -2.45. The highest BCUT2D eigenvalue weighted by Crippen LogP contribution is 2.24. The number of ether oxygens (including phenoxy) is 1. The molecule has 1 fully saturated rings. The number of nitrogens with zero attached hydrogens (tertiary/aromatic N) is 2. The lowest BCUT2D eigenvalue weighted by Gasteiger charge is -2.34. The molecular formula is C14H20BrN2O. The van der Waals surface area contributed by atoms with E-state index in [1.807, 2.05) is 6.07 Å². The first-order valence-electron chi connectivity index (χ1n) is 6.29. The predicted octanol–water partition coefficient (Wildman–Crippen LogP) is 2.41. The van der Waals surface area contributed by atoms with E-state index in [4.69, 9.17) is 4.74 Å². The van der Waals surface area contributed by atoms with E-state index in [1.54, 1.807) is 7.11 Å². The summed E-state index contributed by atoms with van der Waals surface area (Å²) in [7, 11) is 1.71. The average molecular weight is 312 g/mol. The summed E-state index contributed by atoms with van der Waals surface area (Å²) in [6, 6.07) is 6.15. The van der Waals surface area contributed by atoms with Gasteiger partial charge in [-0.2, -0.15) is 0 Å². The minimum atomic E-state index is 0.913. The first-order valence-corrected chi connectivity index (χ1v) is 7.08. The normalized spacial score (nSPS) is 17.9. The zero-order valence-electron chi connectivity index (χ0n) is 10.9. The van der Waals surface area contributed by atoms with Crippen LogP contribution in [-0.4, -0.2) is 49.6 Å². The molecule has 0 unspecified atom stereocenters. The molecule has 1 heterocycles. The molecule has 0 N–H and O–H groups in total. The molecule has 0 saturated carbocycles. The minimum absolute atomic E-state index is 0.913. The Morgan fingerprint density at radius 3 is 2.50 bits per heavy atom. The fourth-order valence-corrected chi connectivity index (χ4v) is 2.58. The molecule has 0 spiro atoms. The highest BCUT2D eigenvalue weighted by Gasteiger charge is 2.16. The van der Waals surface area contributed by atoms with Gasteiger partial charge in [-0.15, -0.1) is 0 Å². The van der Waals surface area contributed by atoms with Crippen LogP contribution >= 0.6 is 15.9 Å². The summed E-state index contributed by atoms with van der Waals surface area (Å²) in [4.78, 5) is 4.86. The molecular weight excluding hydrogens is 292 g/mol. The van der Waals surface area contributed by atoms with Crippen LogP contribution < -0.4 is 4.74 Å². The highest BCUT2D eigenvalue weighted by atomic mass is 79.9. The van der Waals surface area contributed by atoms with Crippen molar-refractivity contribution in [2.24, 2.45) is 0 Å². The van der Waals surface area contributed by atoms with Crippen molar-refractivity contribution in [3.05, 3.63) is 35.2 Å². The van der Waals surface area contributed by atoms with Crippen LogP contribution in [0.15, 0.2) is 22.7 Å². The van der Waals surface area contributed by atoms with Crippen LogP contribution in [0.5, 0.6) is 5.75 Å². The van der Waals surface area contributed by atoms with Crippen molar-refractivity contribution in [2.75, 3.05) is 39.8 Å². The van der Waals surface area contributed by atoms with Crippen LogP contribution in [0.4, 0.5) is 0 Å². The van der Waals surface area contributed by atoms with Crippen LogP contribution in [0.1, 0.15) is 5.56 Å². The Kier molecular flexibility index (Phi) is 5.03. The van der Waals surface area contributed by atoms with Crippen molar-refractivity contribution in [3.63, 3.8) is 0 Å². The van der Waals surface area contributed by atoms with Gasteiger partial charge >= 0.3 is 0 Å². The summed E-state index contributed by atoms with van der Waals surface area (Å²) in [5.41, 5.74) is 1.29. The number of rotatable bonds is 4. The van der Waals surface area contributed by atoms with E-state index in [2.05, 4.69) is 44.8 Å². The molecule has 0 amide bonds. The smallest absolute Gasteiger partial charge is 0.119 e. The zero-order chi connectivity index (χ0) is 13.0. The molecule has 0 atom stereocenters. The molecule has 2 rings (SSSR count). The van der Waals surface area contributed by atoms with Gasteiger partial charge in [0.2, 0.25) is 0 Å². The summed E-state index contributed by atoms with van der Waals surface area (Å²) in [5, 5.41) is 0. The van der Waals surface area contributed by atoms with E-state index < -0.39 is 0 Å². The second-order valence-electron chi connectivity index (χ2n) is 4.58. The molecule has 1 aliphatic heterocycles. The molecule has 1 aromatic rings. The number of hydrogen-bond donors (Lipinski definition) is 0. The second-order valence-corrected chi connectivity index (χ2v) is 5.43. The van der Waals surface area contributed by atoms with Gasteiger partial charge in [0.25, 0.3) is 0 Å². The Bertz CT molecular complexity index is 389. The van der Waals surface area contributed by atoms with Crippen LogP contribution in [0.25, 0.3) is 0 Å². The molecule has 18 heavy (non-hydrogen) atoms. The average Bonchev–Trinajstić information content (AvgIpc) is 2.42. The van der Waals surface area contributed by atoms with Gasteiger partial charge in [-0.3, -0.25) is 4.90 Å². The first kappa shape index (κ1) is 13.8. The van der Waals surface area contributed by atoms with Gasteiger partial charge in [-0.1, -0.05) is 15.9 Å². The quantitative estimate of drug-likeness (QED) is 0.849. The molecule has 0 aliphatic carbocycles. The molecule has 0 aromatic heterocycles. The van der Waals surface area contributed by atoms with Gasteiger partial charge in [-0.25, -0.2) is 0 Å². The predicted molar refractivity (Wildman–Crippen MR) is 77.8 cm³/mol. The van der Waals surface area contributed by atoms with E-state index in [1.165, 1.54) is 5.56 Å². The summed E-state index contributed by atoms with van der Waals surface area (Å²) in [6.45, 7) is 10.3. The molecule has 3 nitrogen and oxygen atoms in total. The fourth-order valence-electron chi connectivity index (χ4n) is 2.21.